The van der Waals surface area contributed by atoms with Gasteiger partial charge in [-0.2, -0.15) is 5.26 Å². The van der Waals surface area contributed by atoms with Gasteiger partial charge in [-0.05, 0) is 44.2 Å². The fraction of sp³-hybridized carbons (Fsp3) is 0.412. The van der Waals surface area contributed by atoms with Crippen LogP contribution in [-0.2, 0) is 19.4 Å². The zero-order valence-electron chi connectivity index (χ0n) is 12.1. The van der Waals surface area contributed by atoms with Gasteiger partial charge in [0.05, 0.1) is 24.2 Å². The van der Waals surface area contributed by atoms with Crippen LogP contribution in [0.4, 0.5) is 0 Å². The Hall–Kier alpha value is -2.28. The van der Waals surface area contributed by atoms with E-state index in [2.05, 4.69) is 15.6 Å². The minimum Gasteiger partial charge on any atom is -0.492 e. The van der Waals surface area contributed by atoms with E-state index < -0.39 is 0 Å². The molecule has 0 saturated heterocycles. The minimum atomic E-state index is 0.595. The number of para-hydroxylation sites is 1. The molecule has 108 valence electrons. The van der Waals surface area contributed by atoms with Crippen molar-refractivity contribution in [1.82, 2.24) is 9.55 Å². The summed E-state index contributed by atoms with van der Waals surface area (Å²) in [7, 11) is 0. The Bertz CT molecular complexity index is 654. The molecule has 21 heavy (non-hydrogen) atoms. The molecule has 0 spiro atoms. The first-order valence-corrected chi connectivity index (χ1v) is 7.53. The highest BCUT2D eigenvalue weighted by molar-refractivity contribution is 5.42. The van der Waals surface area contributed by atoms with Gasteiger partial charge in [-0.15, -0.1) is 0 Å². The summed E-state index contributed by atoms with van der Waals surface area (Å²) in [4.78, 5) is 4.50. The quantitative estimate of drug-likeness (QED) is 0.791. The lowest BCUT2D eigenvalue weighted by molar-refractivity contribution is 0.300. The minimum absolute atomic E-state index is 0.595. The van der Waals surface area contributed by atoms with E-state index in [0.717, 1.165) is 25.8 Å². The van der Waals surface area contributed by atoms with Crippen molar-refractivity contribution in [3.05, 3.63) is 47.5 Å². The van der Waals surface area contributed by atoms with Gasteiger partial charge in [-0.1, -0.05) is 12.1 Å². The standard InChI is InChI=1S/C17H19N3O/c18-12-14-6-1-4-9-17(14)21-11-5-10-20-13-19-15-7-2-3-8-16(15)20/h1,4,6,9,13H,2-3,5,7-8,10-11H2. The molecular formula is C17H19N3O. The fourth-order valence-corrected chi connectivity index (χ4v) is 2.83. The molecule has 0 aliphatic heterocycles. The lowest BCUT2D eigenvalue weighted by Gasteiger charge is -2.14. The third kappa shape index (κ3) is 3.08. The van der Waals surface area contributed by atoms with Crippen molar-refractivity contribution in [2.45, 2.75) is 38.6 Å². The molecular weight excluding hydrogens is 262 g/mol. The van der Waals surface area contributed by atoms with Gasteiger partial charge in [0.15, 0.2) is 0 Å². The van der Waals surface area contributed by atoms with Gasteiger partial charge >= 0.3 is 0 Å². The summed E-state index contributed by atoms with van der Waals surface area (Å²) < 4.78 is 7.97. The predicted octanol–water partition coefficient (Wildman–Crippen LogP) is 3.10. The number of aryl methyl sites for hydroxylation is 2. The van der Waals surface area contributed by atoms with Crippen molar-refractivity contribution in [3.63, 3.8) is 0 Å². The Balaban J connectivity index is 1.53. The van der Waals surface area contributed by atoms with Crippen molar-refractivity contribution in [2.24, 2.45) is 0 Å². The maximum atomic E-state index is 9.02. The molecule has 2 aromatic rings. The fourth-order valence-electron chi connectivity index (χ4n) is 2.83. The molecule has 0 unspecified atom stereocenters. The summed E-state index contributed by atoms with van der Waals surface area (Å²) in [6.07, 6.45) is 7.67. The average Bonchev–Trinajstić information content (AvgIpc) is 2.95. The van der Waals surface area contributed by atoms with Crippen LogP contribution in [0.25, 0.3) is 0 Å². The molecule has 0 saturated carbocycles. The first kappa shape index (κ1) is 13.7. The van der Waals surface area contributed by atoms with Crippen molar-refractivity contribution >= 4 is 0 Å². The highest BCUT2D eigenvalue weighted by Gasteiger charge is 2.14. The molecule has 0 N–H and O–H groups in total. The summed E-state index contributed by atoms with van der Waals surface area (Å²) in [6.45, 7) is 1.54. The molecule has 0 radical (unpaired) electrons. The second-order valence-corrected chi connectivity index (χ2v) is 5.35. The molecule has 1 heterocycles. The average molecular weight is 281 g/mol. The van der Waals surface area contributed by atoms with Gasteiger partial charge in [0.25, 0.3) is 0 Å². The molecule has 0 fully saturated rings. The van der Waals surface area contributed by atoms with E-state index in [4.69, 9.17) is 10.00 Å². The number of ether oxygens (including phenoxy) is 1. The number of nitriles is 1. The summed E-state index contributed by atoms with van der Waals surface area (Å²) in [5, 5.41) is 9.02. The Kier molecular flexibility index (Phi) is 4.20. The largest absolute Gasteiger partial charge is 0.492 e. The van der Waals surface area contributed by atoms with E-state index in [0.29, 0.717) is 17.9 Å². The van der Waals surface area contributed by atoms with Crippen LogP contribution in [-0.4, -0.2) is 16.2 Å². The van der Waals surface area contributed by atoms with Crippen LogP contribution in [0, 0.1) is 11.3 Å². The van der Waals surface area contributed by atoms with Crippen molar-refractivity contribution in [1.29, 1.82) is 5.26 Å². The van der Waals surface area contributed by atoms with Crippen molar-refractivity contribution in [3.8, 4) is 11.8 Å². The second-order valence-electron chi connectivity index (χ2n) is 5.35. The third-order valence-electron chi connectivity index (χ3n) is 3.92. The highest BCUT2D eigenvalue weighted by atomic mass is 16.5. The van der Waals surface area contributed by atoms with Crippen LogP contribution < -0.4 is 4.74 Å². The number of fused-ring (bicyclic) bond motifs is 1. The maximum Gasteiger partial charge on any atom is 0.137 e. The van der Waals surface area contributed by atoms with Crippen LogP contribution in [0.15, 0.2) is 30.6 Å². The third-order valence-corrected chi connectivity index (χ3v) is 3.92. The summed E-state index contributed by atoms with van der Waals surface area (Å²) in [5.41, 5.74) is 3.27. The topological polar surface area (TPSA) is 50.8 Å². The number of aromatic nitrogens is 2. The molecule has 1 aromatic carbocycles. The van der Waals surface area contributed by atoms with Gasteiger partial charge in [0.2, 0.25) is 0 Å². The van der Waals surface area contributed by atoms with Gasteiger partial charge in [0, 0.05) is 12.2 Å². The SMILES string of the molecule is N#Cc1ccccc1OCCCn1cnc2c1CCCC2. The Morgan fingerprint density at radius 2 is 2.10 bits per heavy atom. The van der Waals surface area contributed by atoms with Crippen LogP contribution in [0.5, 0.6) is 5.75 Å². The lowest BCUT2D eigenvalue weighted by Crippen LogP contribution is -2.10. The van der Waals surface area contributed by atoms with E-state index in [1.807, 2.05) is 24.5 Å². The van der Waals surface area contributed by atoms with E-state index in [9.17, 15) is 0 Å². The molecule has 1 aliphatic carbocycles. The van der Waals surface area contributed by atoms with Crippen LogP contribution in [0.2, 0.25) is 0 Å². The van der Waals surface area contributed by atoms with Gasteiger partial charge in [0.1, 0.15) is 11.8 Å². The summed E-state index contributed by atoms with van der Waals surface area (Å²) >= 11 is 0. The molecule has 0 bridgehead atoms. The number of nitrogens with zero attached hydrogens (tertiary/aromatic N) is 3. The van der Waals surface area contributed by atoms with E-state index in [1.165, 1.54) is 24.2 Å². The van der Waals surface area contributed by atoms with Gasteiger partial charge < -0.3 is 9.30 Å². The smallest absolute Gasteiger partial charge is 0.137 e. The Labute approximate surface area is 125 Å². The Morgan fingerprint density at radius 3 is 3.00 bits per heavy atom. The monoisotopic (exact) mass is 281 g/mol. The van der Waals surface area contributed by atoms with Crippen LogP contribution in [0.3, 0.4) is 0 Å². The highest BCUT2D eigenvalue weighted by Crippen LogP contribution is 2.20. The number of benzene rings is 1. The summed E-state index contributed by atoms with van der Waals surface area (Å²) in [5.74, 6) is 0.674. The molecule has 3 rings (SSSR count). The maximum absolute atomic E-state index is 9.02. The number of hydrogen-bond acceptors (Lipinski definition) is 3. The van der Waals surface area contributed by atoms with E-state index >= 15 is 0 Å². The molecule has 1 aliphatic rings. The molecule has 4 heteroatoms. The molecule has 0 amide bonds. The number of rotatable bonds is 5. The molecule has 4 nitrogen and oxygen atoms in total. The molecule has 0 atom stereocenters. The number of imidazole rings is 1. The Morgan fingerprint density at radius 1 is 1.24 bits per heavy atom. The zero-order chi connectivity index (χ0) is 14.5. The van der Waals surface area contributed by atoms with Crippen molar-refractivity contribution < 1.29 is 4.74 Å². The van der Waals surface area contributed by atoms with Crippen molar-refractivity contribution in [2.75, 3.05) is 6.61 Å². The lowest BCUT2D eigenvalue weighted by atomic mass is 10.0. The number of hydrogen-bond donors (Lipinski definition) is 0. The van der Waals surface area contributed by atoms with Crippen LogP contribution >= 0.6 is 0 Å². The van der Waals surface area contributed by atoms with Gasteiger partial charge in [-0.25, -0.2) is 4.98 Å². The second kappa shape index (κ2) is 6.45. The normalized spacial score (nSPS) is 13.5. The first-order valence-electron chi connectivity index (χ1n) is 7.53. The zero-order valence-corrected chi connectivity index (χ0v) is 12.1. The van der Waals surface area contributed by atoms with E-state index in [1.54, 1.807) is 6.07 Å². The van der Waals surface area contributed by atoms with E-state index in [-0.39, 0.29) is 0 Å². The predicted molar refractivity (Wildman–Crippen MR) is 80.1 cm³/mol. The summed E-state index contributed by atoms with van der Waals surface area (Å²) in [6, 6.07) is 9.52. The van der Waals surface area contributed by atoms with Crippen LogP contribution in [0.1, 0.15) is 36.2 Å². The first-order chi connectivity index (χ1) is 10.4. The van der Waals surface area contributed by atoms with Gasteiger partial charge in [-0.3, -0.25) is 0 Å². The molecule has 1 aromatic heterocycles.